The number of hydrogen-bond acceptors (Lipinski definition) is 3. The number of carboxylic acids is 1. The molecule has 2 aliphatic carbocycles. The number of amides is 2. The molecule has 6 nitrogen and oxygen atoms in total. The quantitative estimate of drug-likeness (QED) is 0.666. The molecular weight excluding hydrogens is 330 g/mol. The lowest BCUT2D eigenvalue weighted by atomic mass is 9.71. The van der Waals surface area contributed by atoms with Crippen molar-refractivity contribution in [2.75, 3.05) is 19.6 Å². The van der Waals surface area contributed by atoms with Gasteiger partial charge in [0.2, 0.25) is 0 Å². The Kier molecular flexibility index (Phi) is 6.14. The predicted molar refractivity (Wildman–Crippen MR) is 100 cm³/mol. The van der Waals surface area contributed by atoms with Gasteiger partial charge in [0.15, 0.2) is 0 Å². The van der Waals surface area contributed by atoms with E-state index in [9.17, 15) is 9.59 Å². The van der Waals surface area contributed by atoms with Gasteiger partial charge in [0.25, 0.3) is 0 Å². The molecule has 0 saturated heterocycles. The molecule has 0 atom stereocenters. The highest BCUT2D eigenvalue weighted by Crippen LogP contribution is 2.41. The summed E-state index contributed by atoms with van der Waals surface area (Å²) in [6.45, 7) is 3.49. The van der Waals surface area contributed by atoms with Crippen molar-refractivity contribution in [2.24, 2.45) is 5.92 Å². The van der Waals surface area contributed by atoms with Crippen LogP contribution in [0.3, 0.4) is 0 Å². The van der Waals surface area contributed by atoms with Crippen molar-refractivity contribution >= 4 is 12.0 Å². The van der Waals surface area contributed by atoms with Gasteiger partial charge in [-0.3, -0.25) is 9.69 Å². The van der Waals surface area contributed by atoms with Crippen LogP contribution in [-0.2, 0) is 4.79 Å². The van der Waals surface area contributed by atoms with Gasteiger partial charge >= 0.3 is 12.0 Å². The van der Waals surface area contributed by atoms with Gasteiger partial charge in [-0.25, -0.2) is 4.79 Å². The minimum atomic E-state index is -0.796. The second-order valence-electron chi connectivity index (χ2n) is 7.58. The molecule has 2 fully saturated rings. The van der Waals surface area contributed by atoms with E-state index in [4.69, 9.17) is 5.11 Å². The van der Waals surface area contributed by atoms with Crippen LogP contribution in [0.2, 0.25) is 0 Å². The summed E-state index contributed by atoms with van der Waals surface area (Å²) in [4.78, 5) is 24.8. The third-order valence-corrected chi connectivity index (χ3v) is 5.77. The molecule has 0 heterocycles. The number of hydrogen-bond donors (Lipinski definition) is 3. The second-order valence-corrected chi connectivity index (χ2v) is 7.58. The van der Waals surface area contributed by atoms with E-state index in [-0.39, 0.29) is 24.7 Å². The van der Waals surface area contributed by atoms with E-state index in [0.717, 1.165) is 38.8 Å². The van der Waals surface area contributed by atoms with E-state index in [1.165, 1.54) is 5.56 Å². The molecule has 0 aromatic heterocycles. The zero-order chi connectivity index (χ0) is 18.5. The van der Waals surface area contributed by atoms with Crippen LogP contribution in [0.1, 0.15) is 44.1 Å². The molecule has 1 aromatic carbocycles. The topological polar surface area (TPSA) is 81.7 Å². The zero-order valence-electron chi connectivity index (χ0n) is 15.4. The predicted octanol–water partition coefficient (Wildman–Crippen LogP) is 2.42. The minimum Gasteiger partial charge on any atom is -0.480 e. The monoisotopic (exact) mass is 359 g/mol. The molecule has 2 aliphatic rings. The van der Waals surface area contributed by atoms with Crippen molar-refractivity contribution in [1.82, 2.24) is 15.5 Å². The maximum absolute atomic E-state index is 12.0. The average Bonchev–Trinajstić information content (AvgIpc) is 2.55. The van der Waals surface area contributed by atoms with Crippen LogP contribution in [-0.4, -0.2) is 53.7 Å². The molecule has 0 radical (unpaired) electrons. The van der Waals surface area contributed by atoms with Gasteiger partial charge in [-0.15, -0.1) is 0 Å². The van der Waals surface area contributed by atoms with E-state index in [2.05, 4.69) is 34.9 Å². The van der Waals surface area contributed by atoms with Gasteiger partial charge in [-0.05, 0) is 49.6 Å². The molecule has 1 aromatic rings. The maximum Gasteiger partial charge on any atom is 0.317 e. The number of rotatable bonds is 8. The van der Waals surface area contributed by atoms with Gasteiger partial charge < -0.3 is 15.7 Å². The summed E-state index contributed by atoms with van der Waals surface area (Å²) in [5.74, 6) is 0.397. The molecule has 3 rings (SSSR count). The summed E-state index contributed by atoms with van der Waals surface area (Å²) in [6.07, 6.45) is 3.93. The molecule has 0 unspecified atom stereocenters. The fraction of sp³-hybridized carbons (Fsp3) is 0.600. The molecule has 0 aliphatic heterocycles. The summed E-state index contributed by atoms with van der Waals surface area (Å²) in [6, 6.07) is 10.9. The van der Waals surface area contributed by atoms with Crippen molar-refractivity contribution < 1.29 is 14.7 Å². The largest absolute Gasteiger partial charge is 0.480 e. The van der Waals surface area contributed by atoms with E-state index in [1.54, 1.807) is 0 Å². The van der Waals surface area contributed by atoms with E-state index < -0.39 is 5.97 Å². The molecule has 26 heavy (non-hydrogen) atoms. The van der Waals surface area contributed by atoms with Gasteiger partial charge in [-0.1, -0.05) is 37.3 Å². The maximum atomic E-state index is 12.0. The van der Waals surface area contributed by atoms with Crippen LogP contribution in [0.4, 0.5) is 4.79 Å². The molecule has 6 heteroatoms. The Bertz CT molecular complexity index is 610. The van der Waals surface area contributed by atoms with E-state index in [0.29, 0.717) is 11.8 Å². The molecule has 3 N–H and O–H groups in total. The van der Waals surface area contributed by atoms with Gasteiger partial charge in [0.1, 0.15) is 0 Å². The zero-order valence-corrected chi connectivity index (χ0v) is 15.4. The first-order valence-electron chi connectivity index (χ1n) is 9.60. The van der Waals surface area contributed by atoms with E-state index >= 15 is 0 Å². The lowest BCUT2D eigenvalue weighted by Crippen LogP contribution is -2.56. The van der Waals surface area contributed by atoms with Gasteiger partial charge in [0.05, 0.1) is 6.54 Å². The molecular formula is C20H29N3O3. The lowest BCUT2D eigenvalue weighted by molar-refractivity contribution is -0.139. The first-order chi connectivity index (χ1) is 12.5. The number of urea groups is 1. The van der Waals surface area contributed by atoms with Crippen molar-refractivity contribution in [3.63, 3.8) is 0 Å². The molecule has 0 spiro atoms. The number of carbonyl (C=O) groups excluding carboxylic acids is 1. The summed E-state index contributed by atoms with van der Waals surface area (Å²) in [5, 5.41) is 14.9. The van der Waals surface area contributed by atoms with Crippen LogP contribution in [0.15, 0.2) is 30.3 Å². The first-order valence-corrected chi connectivity index (χ1v) is 9.60. The second kappa shape index (κ2) is 8.54. The molecule has 0 bridgehead atoms. The first kappa shape index (κ1) is 18.7. The smallest absolute Gasteiger partial charge is 0.317 e. The highest BCUT2D eigenvalue weighted by Gasteiger charge is 2.35. The standard InChI is InChI=1S/C20H29N3O3/c1-2-23(13-19(24)25)18-10-17(11-18)22-20(26)21-12-14-8-16(9-14)15-6-4-3-5-7-15/h3-7,14,16-18H,2,8-13H2,1H3,(H,24,25)(H2,21,22,26). The normalized spacial score (nSPS) is 27.3. The van der Waals surface area contributed by atoms with Gasteiger partial charge in [-0.2, -0.15) is 0 Å². The van der Waals surface area contributed by atoms with Crippen LogP contribution < -0.4 is 10.6 Å². The molecule has 2 amide bonds. The number of benzene rings is 1. The van der Waals surface area contributed by atoms with Gasteiger partial charge in [0, 0.05) is 18.6 Å². The number of nitrogens with zero attached hydrogens (tertiary/aromatic N) is 1. The number of nitrogens with one attached hydrogen (secondary N) is 2. The third-order valence-electron chi connectivity index (χ3n) is 5.77. The average molecular weight is 359 g/mol. The van der Waals surface area contributed by atoms with E-state index in [1.807, 2.05) is 17.9 Å². The van der Waals surface area contributed by atoms with Crippen molar-refractivity contribution in [3.8, 4) is 0 Å². The Morgan fingerprint density at radius 2 is 1.85 bits per heavy atom. The molecule has 142 valence electrons. The Labute approximate surface area is 155 Å². The van der Waals surface area contributed by atoms with Crippen molar-refractivity contribution in [2.45, 2.75) is 50.6 Å². The summed E-state index contributed by atoms with van der Waals surface area (Å²) in [7, 11) is 0. The number of aliphatic carboxylic acids is 1. The number of carboxylic acid groups (broad SMARTS) is 1. The summed E-state index contributed by atoms with van der Waals surface area (Å²) >= 11 is 0. The highest BCUT2D eigenvalue weighted by molar-refractivity contribution is 5.74. The fourth-order valence-corrected chi connectivity index (χ4v) is 4.05. The number of carbonyl (C=O) groups is 2. The van der Waals surface area contributed by atoms with Crippen molar-refractivity contribution in [1.29, 1.82) is 0 Å². The van der Waals surface area contributed by atoms with Crippen LogP contribution in [0, 0.1) is 5.92 Å². The minimum absolute atomic E-state index is 0.0738. The summed E-state index contributed by atoms with van der Waals surface area (Å²) in [5.41, 5.74) is 1.40. The van der Waals surface area contributed by atoms with Crippen LogP contribution >= 0.6 is 0 Å². The van der Waals surface area contributed by atoms with Crippen LogP contribution in [0.25, 0.3) is 0 Å². The van der Waals surface area contributed by atoms with Crippen molar-refractivity contribution in [3.05, 3.63) is 35.9 Å². The lowest BCUT2D eigenvalue weighted by Gasteiger charge is -2.42. The molecule has 2 saturated carbocycles. The Balaban J connectivity index is 1.29. The Morgan fingerprint density at radius 1 is 1.15 bits per heavy atom. The highest BCUT2D eigenvalue weighted by atomic mass is 16.4. The summed E-state index contributed by atoms with van der Waals surface area (Å²) < 4.78 is 0. The van der Waals surface area contributed by atoms with Crippen LogP contribution in [0.5, 0.6) is 0 Å². The third kappa shape index (κ3) is 4.75. The SMILES string of the molecule is CCN(CC(=O)O)C1CC(NC(=O)NCC2CC(c3ccccc3)C2)C1. The Hall–Kier alpha value is -2.08. The Morgan fingerprint density at radius 3 is 2.46 bits per heavy atom. The number of likely N-dealkylation sites (N-methyl/N-ethyl adjacent to an activating group) is 1. The fourth-order valence-electron chi connectivity index (χ4n) is 4.05.